The highest BCUT2D eigenvalue weighted by atomic mass is 19.2. The zero-order chi connectivity index (χ0) is 19.7. The van der Waals surface area contributed by atoms with Crippen LogP contribution in [0.5, 0.6) is 0 Å². The van der Waals surface area contributed by atoms with E-state index in [1.165, 1.54) is 0 Å². The molecule has 0 aromatic heterocycles. The van der Waals surface area contributed by atoms with Crippen molar-refractivity contribution < 1.29 is 23.2 Å². The number of unbranched alkanes of at least 4 members (excludes halogenated alkanes) is 4. The number of hydrogen-bond donors (Lipinski definition) is 2. The second-order valence-corrected chi connectivity index (χ2v) is 7.04. The number of imide groups is 2. The first-order valence-electron chi connectivity index (χ1n) is 9.39. The van der Waals surface area contributed by atoms with Gasteiger partial charge in [-0.05, 0) is 24.8 Å². The molecule has 1 fully saturated rings. The van der Waals surface area contributed by atoms with Crippen molar-refractivity contribution >= 4 is 17.8 Å². The maximum absolute atomic E-state index is 12.8. The van der Waals surface area contributed by atoms with Gasteiger partial charge in [0.2, 0.25) is 11.8 Å². The van der Waals surface area contributed by atoms with Crippen molar-refractivity contribution in [3.05, 3.63) is 35.9 Å². The molecule has 1 heterocycles. The van der Waals surface area contributed by atoms with Gasteiger partial charge >= 0.3 is 6.03 Å². The van der Waals surface area contributed by atoms with Gasteiger partial charge in [0, 0.05) is 0 Å². The van der Waals surface area contributed by atoms with Crippen molar-refractivity contribution in [1.82, 2.24) is 10.6 Å². The van der Waals surface area contributed by atoms with Crippen LogP contribution >= 0.6 is 0 Å². The molecule has 2 rings (SSSR count). The van der Waals surface area contributed by atoms with E-state index in [4.69, 9.17) is 0 Å². The summed E-state index contributed by atoms with van der Waals surface area (Å²) >= 11 is 0. The lowest BCUT2D eigenvalue weighted by molar-refractivity contribution is -0.145. The summed E-state index contributed by atoms with van der Waals surface area (Å²) in [5.74, 6) is -1.13. The van der Waals surface area contributed by atoms with Gasteiger partial charge in [0.05, 0.1) is 0 Å². The third kappa shape index (κ3) is 5.84. The molecule has 7 heteroatoms. The molecule has 0 radical (unpaired) electrons. The number of nitrogens with one attached hydrogen (secondary N) is 2. The molecule has 0 spiro atoms. The molecule has 27 heavy (non-hydrogen) atoms. The predicted octanol–water partition coefficient (Wildman–Crippen LogP) is 3.62. The van der Waals surface area contributed by atoms with E-state index >= 15 is 0 Å². The lowest BCUT2D eigenvalue weighted by Gasteiger charge is -2.34. The highest BCUT2D eigenvalue weighted by Crippen LogP contribution is 2.32. The highest BCUT2D eigenvalue weighted by Gasteiger charge is 2.49. The Hall–Kier alpha value is -2.31. The largest absolute Gasteiger partial charge is 0.328 e. The Bertz CT molecular complexity index is 632. The molecule has 1 atom stereocenters. The summed E-state index contributed by atoms with van der Waals surface area (Å²) in [5.41, 5.74) is -0.467. The molecular formula is C20H26F2N2O3. The Kier molecular flexibility index (Phi) is 7.88. The number of urea groups is 1. The molecule has 0 saturated carbocycles. The molecule has 148 valence electrons. The molecule has 1 saturated heterocycles. The van der Waals surface area contributed by atoms with Gasteiger partial charge in [-0.1, -0.05) is 62.4 Å². The monoisotopic (exact) mass is 380 g/mol. The summed E-state index contributed by atoms with van der Waals surface area (Å²) in [4.78, 5) is 36.5. The van der Waals surface area contributed by atoms with Crippen LogP contribution in [0.15, 0.2) is 30.3 Å². The quantitative estimate of drug-likeness (QED) is 0.455. The van der Waals surface area contributed by atoms with Gasteiger partial charge in [0.1, 0.15) is 18.3 Å². The Morgan fingerprint density at radius 2 is 1.48 bits per heavy atom. The maximum Gasteiger partial charge on any atom is 0.328 e. The molecule has 1 aromatic carbocycles. The van der Waals surface area contributed by atoms with Crippen LogP contribution in [0.1, 0.15) is 50.5 Å². The van der Waals surface area contributed by atoms with Gasteiger partial charge in [-0.2, -0.15) is 0 Å². The Morgan fingerprint density at radius 1 is 0.889 bits per heavy atom. The van der Waals surface area contributed by atoms with Crippen molar-refractivity contribution in [3.8, 4) is 0 Å². The summed E-state index contributed by atoms with van der Waals surface area (Å²) in [6.07, 6.45) is 3.01. The standard InChI is InChI=1S/C20H26F2N2O3/c21-14-16(22)11-7-2-1-3-8-12-20(13-15-9-5-4-6-10-15)17(25)23-19(27)24-18(20)26/h4-6,9-10,16H,1-3,7-8,11-14H2,(H2,23,24,25,26,27). The summed E-state index contributed by atoms with van der Waals surface area (Å²) < 4.78 is 24.9. The summed E-state index contributed by atoms with van der Waals surface area (Å²) in [6, 6.07) is 8.42. The van der Waals surface area contributed by atoms with Gasteiger partial charge in [-0.25, -0.2) is 13.6 Å². The third-order valence-corrected chi connectivity index (χ3v) is 4.96. The van der Waals surface area contributed by atoms with E-state index in [-0.39, 0.29) is 12.8 Å². The second kappa shape index (κ2) is 10.1. The van der Waals surface area contributed by atoms with Crippen molar-refractivity contribution in [2.45, 2.75) is 57.5 Å². The zero-order valence-electron chi connectivity index (χ0n) is 15.3. The first-order valence-corrected chi connectivity index (χ1v) is 9.39. The maximum atomic E-state index is 12.8. The number of carbonyl (C=O) groups is 3. The fourth-order valence-electron chi connectivity index (χ4n) is 3.40. The fraction of sp³-hybridized carbons (Fsp3) is 0.550. The van der Waals surface area contributed by atoms with Crippen molar-refractivity contribution in [3.63, 3.8) is 0 Å². The third-order valence-electron chi connectivity index (χ3n) is 4.96. The molecular weight excluding hydrogens is 354 g/mol. The lowest BCUT2D eigenvalue weighted by atomic mass is 9.74. The second-order valence-electron chi connectivity index (χ2n) is 7.04. The number of alkyl halides is 2. The van der Waals surface area contributed by atoms with Gasteiger partial charge < -0.3 is 0 Å². The van der Waals surface area contributed by atoms with Crippen LogP contribution in [0.2, 0.25) is 0 Å². The summed E-state index contributed by atoms with van der Waals surface area (Å²) in [5, 5.41) is 4.43. The molecule has 1 unspecified atom stereocenters. The fourth-order valence-corrected chi connectivity index (χ4v) is 3.40. The van der Waals surface area contributed by atoms with Crippen molar-refractivity contribution in [1.29, 1.82) is 0 Å². The Balaban J connectivity index is 1.92. The smallest absolute Gasteiger partial charge is 0.277 e. The number of amides is 4. The minimum absolute atomic E-state index is 0.221. The number of halogens is 2. The van der Waals surface area contributed by atoms with Gasteiger partial charge in [0.25, 0.3) is 0 Å². The molecule has 0 bridgehead atoms. The Morgan fingerprint density at radius 3 is 2.11 bits per heavy atom. The molecule has 1 aromatic rings. The van der Waals surface area contributed by atoms with E-state index in [1.54, 1.807) is 0 Å². The van der Waals surface area contributed by atoms with Crippen LogP contribution in [0.3, 0.4) is 0 Å². The number of barbiturate groups is 1. The average Bonchev–Trinajstić information content (AvgIpc) is 2.65. The molecule has 1 aliphatic rings. The molecule has 4 amide bonds. The molecule has 5 nitrogen and oxygen atoms in total. The van der Waals surface area contributed by atoms with E-state index in [9.17, 15) is 23.2 Å². The molecule has 1 aliphatic heterocycles. The van der Waals surface area contributed by atoms with Crippen molar-refractivity contribution in [2.75, 3.05) is 6.67 Å². The van der Waals surface area contributed by atoms with Crippen LogP contribution in [0, 0.1) is 5.41 Å². The Labute approximate surface area is 157 Å². The van der Waals surface area contributed by atoms with Gasteiger partial charge in [-0.15, -0.1) is 0 Å². The van der Waals surface area contributed by atoms with E-state index in [0.717, 1.165) is 24.8 Å². The van der Waals surface area contributed by atoms with E-state index in [0.29, 0.717) is 19.3 Å². The van der Waals surface area contributed by atoms with Crippen LogP contribution in [-0.4, -0.2) is 30.7 Å². The van der Waals surface area contributed by atoms with Crippen LogP contribution in [0.4, 0.5) is 13.6 Å². The molecule has 0 aliphatic carbocycles. The minimum Gasteiger partial charge on any atom is -0.277 e. The van der Waals surface area contributed by atoms with Crippen molar-refractivity contribution in [2.24, 2.45) is 5.41 Å². The number of benzene rings is 1. The van der Waals surface area contributed by atoms with Gasteiger partial charge in [-0.3, -0.25) is 20.2 Å². The number of hydrogen-bond acceptors (Lipinski definition) is 3. The van der Waals surface area contributed by atoms with Crippen LogP contribution < -0.4 is 10.6 Å². The first kappa shape index (κ1) is 21.0. The first-order chi connectivity index (χ1) is 13.0. The summed E-state index contributed by atoms with van der Waals surface area (Å²) in [7, 11) is 0. The van der Waals surface area contributed by atoms with Gasteiger partial charge in [0.15, 0.2) is 0 Å². The number of carbonyl (C=O) groups excluding carboxylic acids is 3. The molecule has 2 N–H and O–H groups in total. The highest BCUT2D eigenvalue weighted by molar-refractivity contribution is 6.19. The van der Waals surface area contributed by atoms with Crippen LogP contribution in [-0.2, 0) is 16.0 Å². The summed E-state index contributed by atoms with van der Waals surface area (Å²) in [6.45, 7) is -0.940. The number of rotatable bonds is 11. The SMILES string of the molecule is O=C1NC(=O)C(CCCCCCCC(F)CF)(Cc2ccccc2)C(=O)N1. The minimum atomic E-state index is -1.38. The van der Waals surface area contributed by atoms with Crippen LogP contribution in [0.25, 0.3) is 0 Å². The topological polar surface area (TPSA) is 75.3 Å². The zero-order valence-corrected chi connectivity index (χ0v) is 15.3. The average molecular weight is 380 g/mol. The van der Waals surface area contributed by atoms with E-state index < -0.39 is 36.1 Å². The normalized spacial score (nSPS) is 17.3. The van der Waals surface area contributed by atoms with E-state index in [2.05, 4.69) is 10.6 Å². The van der Waals surface area contributed by atoms with E-state index in [1.807, 2.05) is 30.3 Å². The lowest BCUT2D eigenvalue weighted by Crippen LogP contribution is -2.63. The predicted molar refractivity (Wildman–Crippen MR) is 97.5 cm³/mol.